The number of esters is 4. The highest BCUT2D eigenvalue weighted by molar-refractivity contribution is 5.78. The lowest BCUT2D eigenvalue weighted by Crippen LogP contribution is -2.37. The number of nitrogens with two attached hydrogens (primary N) is 1. The van der Waals surface area contributed by atoms with Crippen LogP contribution >= 0.6 is 0 Å². The van der Waals surface area contributed by atoms with Crippen LogP contribution in [0.2, 0.25) is 0 Å². The number of hydrogen-bond acceptors (Lipinski definition) is 9. The molecular weight excluding hydrogens is 490 g/mol. The average Bonchev–Trinajstić information content (AvgIpc) is 2.75. The third kappa shape index (κ3) is 14.1. The fourth-order valence-corrected chi connectivity index (χ4v) is 3.29. The molecule has 0 unspecified atom stereocenters. The molecular formula is C29H45NO8. The van der Waals surface area contributed by atoms with Crippen molar-refractivity contribution in [2.75, 3.05) is 6.61 Å². The van der Waals surface area contributed by atoms with E-state index in [1.54, 1.807) is 13.0 Å². The van der Waals surface area contributed by atoms with Gasteiger partial charge in [-0.3, -0.25) is 19.2 Å². The molecule has 2 N–H and O–H groups in total. The Bertz CT molecular complexity index is 958. The molecule has 0 aliphatic rings. The molecule has 0 heterocycles. The van der Waals surface area contributed by atoms with Crippen LogP contribution in [0.25, 0.3) is 0 Å². The number of rotatable bonds is 13. The smallest absolute Gasteiger partial charge is 0.323 e. The molecule has 0 amide bonds. The van der Waals surface area contributed by atoms with Crippen molar-refractivity contribution in [1.82, 2.24) is 0 Å². The molecule has 2 atom stereocenters. The van der Waals surface area contributed by atoms with Gasteiger partial charge in [-0.25, -0.2) is 0 Å². The molecule has 0 fully saturated rings. The van der Waals surface area contributed by atoms with Gasteiger partial charge >= 0.3 is 23.9 Å². The van der Waals surface area contributed by atoms with Crippen LogP contribution < -0.4 is 15.2 Å². The predicted molar refractivity (Wildman–Crippen MR) is 144 cm³/mol. The number of unbranched alkanes of at least 4 members (excludes halogenated alkanes) is 1. The molecule has 0 spiro atoms. The van der Waals surface area contributed by atoms with Crippen LogP contribution in [0.5, 0.6) is 11.5 Å². The molecule has 9 nitrogen and oxygen atoms in total. The fourth-order valence-electron chi connectivity index (χ4n) is 3.29. The largest absolute Gasteiger partial charge is 0.462 e. The van der Waals surface area contributed by atoms with Gasteiger partial charge in [0, 0.05) is 6.42 Å². The molecule has 0 aliphatic heterocycles. The predicted octanol–water partition coefficient (Wildman–Crippen LogP) is 4.90. The van der Waals surface area contributed by atoms with Crippen LogP contribution in [0.15, 0.2) is 18.2 Å². The van der Waals surface area contributed by atoms with E-state index >= 15 is 0 Å². The Kier molecular flexibility index (Phi) is 12.9. The van der Waals surface area contributed by atoms with Gasteiger partial charge in [0.05, 0.1) is 12.8 Å². The molecule has 0 aromatic heterocycles. The highest BCUT2D eigenvalue weighted by Crippen LogP contribution is 2.32. The zero-order chi connectivity index (χ0) is 29.1. The van der Waals surface area contributed by atoms with Crippen molar-refractivity contribution >= 4 is 23.9 Å². The molecule has 0 saturated heterocycles. The summed E-state index contributed by atoms with van der Waals surface area (Å²) in [6.07, 6.45) is 1.69. The molecule has 1 rings (SSSR count). The summed E-state index contributed by atoms with van der Waals surface area (Å²) in [5.41, 5.74) is 6.07. The summed E-state index contributed by atoms with van der Waals surface area (Å²) < 4.78 is 21.5. The van der Waals surface area contributed by atoms with E-state index in [9.17, 15) is 19.2 Å². The topological polar surface area (TPSA) is 131 Å². The summed E-state index contributed by atoms with van der Waals surface area (Å²) in [5.74, 6) is -1.74. The second-order valence-electron chi connectivity index (χ2n) is 12.0. The zero-order valence-corrected chi connectivity index (χ0v) is 24.2. The normalized spacial score (nSPS) is 13.3. The van der Waals surface area contributed by atoms with E-state index in [-0.39, 0.29) is 54.2 Å². The molecule has 1 aromatic carbocycles. The molecule has 0 aliphatic carbocycles. The van der Waals surface area contributed by atoms with Crippen LogP contribution in [-0.2, 0) is 35.1 Å². The maximum Gasteiger partial charge on any atom is 0.323 e. The van der Waals surface area contributed by atoms with Crippen molar-refractivity contribution in [2.24, 2.45) is 16.6 Å². The van der Waals surface area contributed by atoms with Crippen LogP contribution in [0.4, 0.5) is 0 Å². The molecule has 214 valence electrons. The molecule has 1 aromatic rings. The molecule has 9 heteroatoms. The van der Waals surface area contributed by atoms with E-state index in [2.05, 4.69) is 0 Å². The summed E-state index contributed by atoms with van der Waals surface area (Å²) in [7, 11) is 0. The van der Waals surface area contributed by atoms with E-state index in [0.717, 1.165) is 12.8 Å². The van der Waals surface area contributed by atoms with Gasteiger partial charge in [0.25, 0.3) is 0 Å². The lowest BCUT2D eigenvalue weighted by Gasteiger charge is -2.20. The highest BCUT2D eigenvalue weighted by atomic mass is 16.6. The minimum Gasteiger partial charge on any atom is -0.462 e. The zero-order valence-electron chi connectivity index (χ0n) is 24.2. The monoisotopic (exact) mass is 535 g/mol. The van der Waals surface area contributed by atoms with E-state index in [0.29, 0.717) is 12.0 Å². The first-order valence-electron chi connectivity index (χ1n) is 13.1. The number of benzene rings is 1. The standard InChI is InChI=1S/C29H45NO8/c1-9-10-11-24(31)35-18-19(2)36-27(34)21(30)14-20-12-13-22(37-25(32)16-28(3,4)5)23(15-20)38-26(33)17-29(6,7)8/h12-13,15,19,21H,9-11,14,16-18,30H2,1-8H3/t19-,21-/m0/s1. The Labute approximate surface area is 226 Å². The van der Waals surface area contributed by atoms with Crippen LogP contribution in [0, 0.1) is 10.8 Å². The average molecular weight is 536 g/mol. The van der Waals surface area contributed by atoms with Gasteiger partial charge < -0.3 is 24.7 Å². The van der Waals surface area contributed by atoms with Gasteiger partial charge in [0.15, 0.2) is 11.5 Å². The Hall–Kier alpha value is -2.94. The van der Waals surface area contributed by atoms with Crippen LogP contribution in [-0.4, -0.2) is 42.6 Å². The van der Waals surface area contributed by atoms with Gasteiger partial charge in [-0.15, -0.1) is 0 Å². The van der Waals surface area contributed by atoms with E-state index in [1.807, 2.05) is 48.5 Å². The first-order valence-corrected chi connectivity index (χ1v) is 13.1. The van der Waals surface area contributed by atoms with Crippen molar-refractivity contribution in [1.29, 1.82) is 0 Å². The van der Waals surface area contributed by atoms with Gasteiger partial charge in [0.2, 0.25) is 0 Å². The molecule has 0 saturated carbocycles. The first kappa shape index (κ1) is 33.1. The highest BCUT2D eigenvalue weighted by Gasteiger charge is 2.24. The van der Waals surface area contributed by atoms with Gasteiger partial charge in [-0.2, -0.15) is 0 Å². The quantitative estimate of drug-likeness (QED) is 0.276. The number of carbonyl (C=O) groups excluding carboxylic acids is 4. The molecule has 0 radical (unpaired) electrons. The summed E-state index contributed by atoms with van der Waals surface area (Å²) in [6.45, 7) is 15.0. The minimum atomic E-state index is -1.01. The van der Waals surface area contributed by atoms with Gasteiger partial charge in [0.1, 0.15) is 18.8 Å². The molecule has 0 bridgehead atoms. The molecule has 38 heavy (non-hydrogen) atoms. The maximum atomic E-state index is 12.5. The Morgan fingerprint density at radius 2 is 1.42 bits per heavy atom. The Morgan fingerprint density at radius 1 is 0.868 bits per heavy atom. The van der Waals surface area contributed by atoms with E-state index in [4.69, 9.17) is 24.7 Å². The second kappa shape index (κ2) is 14.9. The lowest BCUT2D eigenvalue weighted by molar-refractivity contribution is -0.159. The summed E-state index contributed by atoms with van der Waals surface area (Å²) in [5, 5.41) is 0. The van der Waals surface area contributed by atoms with Crippen molar-refractivity contribution in [2.45, 2.75) is 106 Å². The first-order chi connectivity index (χ1) is 17.5. The van der Waals surface area contributed by atoms with Crippen molar-refractivity contribution in [3.05, 3.63) is 23.8 Å². The van der Waals surface area contributed by atoms with E-state index < -0.39 is 30.1 Å². The third-order valence-corrected chi connectivity index (χ3v) is 5.09. The summed E-state index contributed by atoms with van der Waals surface area (Å²) in [4.78, 5) is 49.1. The Balaban J connectivity index is 2.92. The Morgan fingerprint density at radius 3 is 1.95 bits per heavy atom. The van der Waals surface area contributed by atoms with Crippen LogP contribution in [0.3, 0.4) is 0 Å². The number of hydrogen-bond donors (Lipinski definition) is 1. The van der Waals surface area contributed by atoms with E-state index in [1.165, 1.54) is 12.1 Å². The summed E-state index contributed by atoms with van der Waals surface area (Å²) >= 11 is 0. The SMILES string of the molecule is CCCCC(=O)OC[C@H](C)OC(=O)[C@@H](N)Cc1ccc(OC(=O)CC(C)(C)C)c(OC(=O)CC(C)(C)C)c1. The maximum absolute atomic E-state index is 12.5. The minimum absolute atomic E-state index is 0.0521. The fraction of sp³-hybridized carbons (Fsp3) is 0.655. The van der Waals surface area contributed by atoms with Crippen molar-refractivity contribution in [3.8, 4) is 11.5 Å². The van der Waals surface area contributed by atoms with Crippen molar-refractivity contribution in [3.63, 3.8) is 0 Å². The lowest BCUT2D eigenvalue weighted by atomic mass is 9.92. The van der Waals surface area contributed by atoms with Gasteiger partial charge in [-0.05, 0) is 48.3 Å². The number of ether oxygens (including phenoxy) is 4. The summed E-state index contributed by atoms with van der Waals surface area (Å²) in [6, 6.07) is 3.69. The van der Waals surface area contributed by atoms with Crippen molar-refractivity contribution < 1.29 is 38.1 Å². The third-order valence-electron chi connectivity index (χ3n) is 5.09. The van der Waals surface area contributed by atoms with Crippen LogP contribution in [0.1, 0.15) is 93.1 Å². The number of carbonyl (C=O) groups is 4. The van der Waals surface area contributed by atoms with Gasteiger partial charge in [-0.1, -0.05) is 61.0 Å². The second-order valence-corrected chi connectivity index (χ2v) is 12.0.